The molecule has 4 aliphatic rings. The third-order valence-electron chi connectivity index (χ3n) is 9.16. The molecule has 0 aliphatic heterocycles. The Bertz CT molecular complexity index is 526. The van der Waals surface area contributed by atoms with E-state index in [1.54, 1.807) is 5.57 Å². The number of rotatable bonds is 0. The van der Waals surface area contributed by atoms with Crippen molar-refractivity contribution in [2.75, 3.05) is 0 Å². The molecule has 0 heteroatoms. The molecule has 0 heterocycles. The van der Waals surface area contributed by atoms with Gasteiger partial charge in [-0.3, -0.25) is 0 Å². The van der Waals surface area contributed by atoms with Crippen LogP contribution in [-0.4, -0.2) is 0 Å². The lowest BCUT2D eigenvalue weighted by Gasteiger charge is -2.60. The Hall–Kier alpha value is -0.520. The van der Waals surface area contributed by atoms with Crippen molar-refractivity contribution in [2.45, 2.75) is 72.6 Å². The summed E-state index contributed by atoms with van der Waals surface area (Å²) in [7, 11) is 0. The third-order valence-corrected chi connectivity index (χ3v) is 9.16. The number of hydrogen-bond donors (Lipinski definition) is 0. The standard InChI is InChI=1S/C22H34/c1-14-12-16(3)22(5)17(13-14)7-8-18-19-9-6-15(2)21(19,4)11-10-20(18)22/h12,15,17-20H,1,6-11,13H2,2-5H3/t15-,17?,18+,19+,20+,21-,22+/m1/s1. The van der Waals surface area contributed by atoms with E-state index in [0.29, 0.717) is 10.8 Å². The van der Waals surface area contributed by atoms with Crippen LogP contribution in [0.1, 0.15) is 72.6 Å². The maximum Gasteiger partial charge on any atom is -0.00536 e. The Labute approximate surface area is 137 Å². The summed E-state index contributed by atoms with van der Waals surface area (Å²) >= 11 is 0. The van der Waals surface area contributed by atoms with E-state index >= 15 is 0 Å². The minimum Gasteiger partial charge on any atom is -0.0958 e. The van der Waals surface area contributed by atoms with Gasteiger partial charge in [0.15, 0.2) is 0 Å². The molecule has 0 aromatic heterocycles. The van der Waals surface area contributed by atoms with Crippen molar-refractivity contribution in [1.29, 1.82) is 0 Å². The minimum atomic E-state index is 0.470. The molecule has 0 bridgehead atoms. The maximum atomic E-state index is 4.29. The minimum absolute atomic E-state index is 0.470. The van der Waals surface area contributed by atoms with Crippen molar-refractivity contribution in [1.82, 2.24) is 0 Å². The van der Waals surface area contributed by atoms with Gasteiger partial charge < -0.3 is 0 Å². The molecule has 0 radical (unpaired) electrons. The predicted octanol–water partition coefficient (Wildman–Crippen LogP) is 6.39. The average molecular weight is 299 g/mol. The average Bonchev–Trinajstić information content (AvgIpc) is 2.77. The highest BCUT2D eigenvalue weighted by atomic mass is 14.6. The molecular formula is C22H34. The zero-order chi connectivity index (χ0) is 15.7. The second kappa shape index (κ2) is 4.74. The van der Waals surface area contributed by atoms with Gasteiger partial charge in [-0.25, -0.2) is 0 Å². The van der Waals surface area contributed by atoms with Gasteiger partial charge in [0.25, 0.3) is 0 Å². The topological polar surface area (TPSA) is 0 Å². The fraction of sp³-hybridized carbons (Fsp3) is 0.818. The number of fused-ring (bicyclic) bond motifs is 5. The molecule has 122 valence electrons. The van der Waals surface area contributed by atoms with Crippen molar-refractivity contribution in [3.05, 3.63) is 23.8 Å². The van der Waals surface area contributed by atoms with Crippen LogP contribution in [0.15, 0.2) is 23.8 Å². The zero-order valence-corrected chi connectivity index (χ0v) is 15.1. The van der Waals surface area contributed by atoms with Gasteiger partial charge in [-0.1, -0.05) is 44.6 Å². The molecule has 4 rings (SSSR count). The van der Waals surface area contributed by atoms with Crippen LogP contribution in [0.25, 0.3) is 0 Å². The van der Waals surface area contributed by atoms with Gasteiger partial charge in [0.2, 0.25) is 0 Å². The van der Waals surface area contributed by atoms with Crippen LogP contribution in [0.2, 0.25) is 0 Å². The lowest BCUT2D eigenvalue weighted by atomic mass is 9.44. The normalized spacial score (nSPS) is 54.3. The highest BCUT2D eigenvalue weighted by Crippen LogP contribution is 2.67. The highest BCUT2D eigenvalue weighted by molar-refractivity contribution is 5.32. The van der Waals surface area contributed by atoms with E-state index < -0.39 is 0 Å². The van der Waals surface area contributed by atoms with Gasteiger partial charge in [-0.2, -0.15) is 0 Å². The molecule has 4 aliphatic carbocycles. The van der Waals surface area contributed by atoms with Gasteiger partial charge in [0.05, 0.1) is 0 Å². The summed E-state index contributed by atoms with van der Waals surface area (Å²) in [6, 6.07) is 0. The second-order valence-corrected chi connectivity index (χ2v) is 9.65. The largest absolute Gasteiger partial charge is 0.0958 e. The van der Waals surface area contributed by atoms with Crippen molar-refractivity contribution >= 4 is 0 Å². The molecule has 7 atom stereocenters. The van der Waals surface area contributed by atoms with Crippen molar-refractivity contribution in [3.8, 4) is 0 Å². The van der Waals surface area contributed by atoms with Crippen molar-refractivity contribution in [3.63, 3.8) is 0 Å². The van der Waals surface area contributed by atoms with E-state index in [1.165, 1.54) is 50.5 Å². The first-order chi connectivity index (χ1) is 10.4. The van der Waals surface area contributed by atoms with Gasteiger partial charge >= 0.3 is 0 Å². The smallest absolute Gasteiger partial charge is 0.00536 e. The number of allylic oxidation sites excluding steroid dienone is 3. The van der Waals surface area contributed by atoms with E-state index in [4.69, 9.17) is 0 Å². The van der Waals surface area contributed by atoms with Gasteiger partial charge in [-0.05, 0) is 92.3 Å². The van der Waals surface area contributed by atoms with Gasteiger partial charge in [-0.15, -0.1) is 0 Å². The van der Waals surface area contributed by atoms with E-state index in [0.717, 1.165) is 29.6 Å². The van der Waals surface area contributed by atoms with Crippen LogP contribution in [0.3, 0.4) is 0 Å². The Morgan fingerprint density at radius 2 is 1.82 bits per heavy atom. The summed E-state index contributed by atoms with van der Waals surface area (Å²) in [5.74, 6) is 4.77. The van der Waals surface area contributed by atoms with E-state index in [2.05, 4.69) is 40.3 Å². The lowest BCUT2D eigenvalue weighted by molar-refractivity contribution is -0.0795. The SMILES string of the molecule is C=C1C=C(C)[C@@]2(C)C(CC[C@H]3[C@@H]4CC[C@@H](C)[C@@]4(C)CC[C@@H]32)C1. The Balaban J connectivity index is 1.72. The third kappa shape index (κ3) is 1.76. The van der Waals surface area contributed by atoms with Crippen molar-refractivity contribution < 1.29 is 0 Å². The molecule has 0 spiro atoms. The second-order valence-electron chi connectivity index (χ2n) is 9.65. The summed E-state index contributed by atoms with van der Waals surface area (Å²) in [6.07, 6.45) is 12.6. The van der Waals surface area contributed by atoms with Gasteiger partial charge in [0, 0.05) is 0 Å². The molecular weight excluding hydrogens is 264 g/mol. The van der Waals surface area contributed by atoms with Crippen LogP contribution in [-0.2, 0) is 0 Å². The van der Waals surface area contributed by atoms with E-state index in [-0.39, 0.29) is 0 Å². The zero-order valence-electron chi connectivity index (χ0n) is 15.1. The fourth-order valence-corrected chi connectivity index (χ4v) is 7.46. The highest BCUT2D eigenvalue weighted by Gasteiger charge is 2.59. The summed E-state index contributed by atoms with van der Waals surface area (Å²) in [5, 5.41) is 0. The maximum absolute atomic E-state index is 4.29. The molecule has 22 heavy (non-hydrogen) atoms. The summed E-state index contributed by atoms with van der Waals surface area (Å²) < 4.78 is 0. The molecule has 0 nitrogen and oxygen atoms in total. The van der Waals surface area contributed by atoms with Crippen LogP contribution < -0.4 is 0 Å². The summed E-state index contributed by atoms with van der Waals surface area (Å²) in [4.78, 5) is 0. The first-order valence-electron chi connectivity index (χ1n) is 9.74. The molecule has 3 fully saturated rings. The van der Waals surface area contributed by atoms with E-state index in [1.807, 2.05) is 0 Å². The predicted molar refractivity (Wildman–Crippen MR) is 94.6 cm³/mol. The first-order valence-corrected chi connectivity index (χ1v) is 9.74. The lowest BCUT2D eigenvalue weighted by Crippen LogP contribution is -2.52. The van der Waals surface area contributed by atoms with E-state index in [9.17, 15) is 0 Å². The fourth-order valence-electron chi connectivity index (χ4n) is 7.46. The quantitative estimate of drug-likeness (QED) is 0.486. The van der Waals surface area contributed by atoms with Gasteiger partial charge in [0.1, 0.15) is 0 Å². The Morgan fingerprint density at radius 1 is 1.05 bits per heavy atom. The van der Waals surface area contributed by atoms with Crippen molar-refractivity contribution in [2.24, 2.45) is 40.4 Å². The first kappa shape index (κ1) is 15.0. The van der Waals surface area contributed by atoms with Crippen LogP contribution >= 0.6 is 0 Å². The Morgan fingerprint density at radius 3 is 2.59 bits per heavy atom. The molecule has 0 amide bonds. The Kier molecular flexibility index (Phi) is 3.24. The van der Waals surface area contributed by atoms with Crippen LogP contribution in [0.5, 0.6) is 0 Å². The summed E-state index contributed by atoms with van der Waals surface area (Å²) in [5.41, 5.74) is 4.16. The summed E-state index contributed by atoms with van der Waals surface area (Å²) in [6.45, 7) is 14.5. The molecule has 3 saturated carbocycles. The molecule has 0 aromatic carbocycles. The monoisotopic (exact) mass is 298 g/mol. The van der Waals surface area contributed by atoms with Crippen LogP contribution in [0, 0.1) is 40.4 Å². The number of hydrogen-bond acceptors (Lipinski definition) is 0. The molecule has 0 aromatic rings. The molecule has 1 unspecified atom stereocenters. The molecule has 0 N–H and O–H groups in total. The van der Waals surface area contributed by atoms with Crippen LogP contribution in [0.4, 0.5) is 0 Å². The molecule has 0 saturated heterocycles.